The van der Waals surface area contributed by atoms with Crippen LogP contribution in [0.2, 0.25) is 5.02 Å². The number of carbonyl (C=O) groups excluding carboxylic acids is 3. The minimum atomic E-state index is -0.122. The van der Waals surface area contributed by atoms with Crippen LogP contribution in [0.1, 0.15) is 40.5 Å². The van der Waals surface area contributed by atoms with Gasteiger partial charge in [0.15, 0.2) is 11.6 Å². The van der Waals surface area contributed by atoms with E-state index in [0.29, 0.717) is 34.9 Å². The summed E-state index contributed by atoms with van der Waals surface area (Å²) in [6.45, 7) is 3.17. The van der Waals surface area contributed by atoms with Gasteiger partial charge in [0.05, 0.1) is 6.54 Å². The molecule has 0 aromatic heterocycles. The SMILES string of the molecule is CC(=O)c1cccc(NC(=O)CN2CCC(C(=O)c3ccc(Cl)cc3)CC2)c1. The second-order valence-electron chi connectivity index (χ2n) is 7.11. The number of nitrogens with one attached hydrogen (secondary N) is 1. The van der Waals surface area contributed by atoms with Gasteiger partial charge in [-0.3, -0.25) is 19.3 Å². The van der Waals surface area contributed by atoms with E-state index in [1.165, 1.54) is 6.92 Å². The molecule has 1 heterocycles. The summed E-state index contributed by atoms with van der Waals surface area (Å²) in [5.41, 5.74) is 1.87. The Morgan fingerprint density at radius 2 is 1.71 bits per heavy atom. The Morgan fingerprint density at radius 3 is 2.36 bits per heavy atom. The third kappa shape index (κ3) is 5.27. The van der Waals surface area contributed by atoms with E-state index in [9.17, 15) is 14.4 Å². The van der Waals surface area contributed by atoms with Gasteiger partial charge in [0.2, 0.25) is 5.91 Å². The number of likely N-dealkylation sites (tertiary alicyclic amines) is 1. The fraction of sp³-hybridized carbons (Fsp3) is 0.318. The Labute approximate surface area is 169 Å². The summed E-state index contributed by atoms with van der Waals surface area (Å²) in [5, 5.41) is 3.45. The maximum Gasteiger partial charge on any atom is 0.238 e. The molecule has 2 aromatic carbocycles. The van der Waals surface area contributed by atoms with Crippen molar-refractivity contribution < 1.29 is 14.4 Å². The highest BCUT2D eigenvalue weighted by atomic mass is 35.5. The molecule has 146 valence electrons. The highest BCUT2D eigenvalue weighted by Crippen LogP contribution is 2.23. The summed E-state index contributed by atoms with van der Waals surface area (Å²) in [4.78, 5) is 38.4. The van der Waals surface area contributed by atoms with Crippen LogP contribution in [0.25, 0.3) is 0 Å². The molecule has 0 radical (unpaired) electrons. The molecule has 1 aliphatic rings. The van der Waals surface area contributed by atoms with Gasteiger partial charge < -0.3 is 5.32 Å². The molecule has 2 aromatic rings. The first-order valence-electron chi connectivity index (χ1n) is 9.35. The Kier molecular flexibility index (Phi) is 6.60. The first kappa shape index (κ1) is 20.2. The summed E-state index contributed by atoms with van der Waals surface area (Å²) in [6.07, 6.45) is 1.46. The number of amides is 1. The van der Waals surface area contributed by atoms with Crippen molar-refractivity contribution in [2.75, 3.05) is 25.0 Å². The topological polar surface area (TPSA) is 66.5 Å². The number of rotatable bonds is 6. The van der Waals surface area contributed by atoms with Crippen LogP contribution < -0.4 is 5.32 Å². The molecule has 1 amide bonds. The molecule has 0 atom stereocenters. The molecule has 0 unspecified atom stereocenters. The van der Waals surface area contributed by atoms with Crippen molar-refractivity contribution in [3.8, 4) is 0 Å². The van der Waals surface area contributed by atoms with Gasteiger partial charge in [0, 0.05) is 27.8 Å². The van der Waals surface area contributed by atoms with E-state index in [1.807, 2.05) is 0 Å². The van der Waals surface area contributed by atoms with Crippen LogP contribution >= 0.6 is 11.6 Å². The highest BCUT2D eigenvalue weighted by Gasteiger charge is 2.26. The van der Waals surface area contributed by atoms with Crippen LogP contribution in [-0.4, -0.2) is 42.0 Å². The summed E-state index contributed by atoms with van der Waals surface area (Å²) >= 11 is 5.88. The molecule has 3 rings (SSSR count). The van der Waals surface area contributed by atoms with Gasteiger partial charge in [0.25, 0.3) is 0 Å². The Morgan fingerprint density at radius 1 is 1.04 bits per heavy atom. The average molecular weight is 399 g/mol. The molecule has 6 heteroatoms. The summed E-state index contributed by atoms with van der Waals surface area (Å²) in [5.74, 6) is -0.0405. The lowest BCUT2D eigenvalue weighted by Crippen LogP contribution is -2.40. The number of carbonyl (C=O) groups is 3. The standard InChI is InChI=1S/C22H23ClN2O3/c1-15(26)18-3-2-4-20(13-18)24-21(27)14-25-11-9-17(10-12-25)22(28)16-5-7-19(23)8-6-16/h2-8,13,17H,9-12,14H2,1H3,(H,24,27). The third-order valence-corrected chi connectivity index (χ3v) is 5.26. The predicted octanol–water partition coefficient (Wildman–Crippen LogP) is 4.08. The fourth-order valence-corrected chi connectivity index (χ4v) is 3.55. The van der Waals surface area contributed by atoms with E-state index in [2.05, 4.69) is 10.2 Å². The van der Waals surface area contributed by atoms with Gasteiger partial charge >= 0.3 is 0 Å². The fourth-order valence-electron chi connectivity index (χ4n) is 3.42. The van der Waals surface area contributed by atoms with E-state index in [1.54, 1.807) is 48.5 Å². The van der Waals surface area contributed by atoms with Crippen molar-refractivity contribution in [3.05, 3.63) is 64.7 Å². The van der Waals surface area contributed by atoms with Crippen LogP contribution in [0.3, 0.4) is 0 Å². The molecule has 1 fully saturated rings. The zero-order valence-corrected chi connectivity index (χ0v) is 16.5. The molecule has 1 N–H and O–H groups in total. The minimum absolute atomic E-state index is 0.0206. The van der Waals surface area contributed by atoms with Gasteiger partial charge in [-0.25, -0.2) is 0 Å². The van der Waals surface area contributed by atoms with Crippen LogP contribution in [0.15, 0.2) is 48.5 Å². The summed E-state index contributed by atoms with van der Waals surface area (Å²) in [7, 11) is 0. The van der Waals surface area contributed by atoms with Gasteiger partial charge in [-0.1, -0.05) is 23.7 Å². The van der Waals surface area contributed by atoms with Crippen molar-refractivity contribution in [1.29, 1.82) is 0 Å². The monoisotopic (exact) mass is 398 g/mol. The van der Waals surface area contributed by atoms with Gasteiger partial charge in [0.1, 0.15) is 0 Å². The highest BCUT2D eigenvalue weighted by molar-refractivity contribution is 6.30. The molecule has 0 saturated carbocycles. The van der Waals surface area contributed by atoms with Crippen LogP contribution in [-0.2, 0) is 4.79 Å². The van der Waals surface area contributed by atoms with E-state index < -0.39 is 0 Å². The number of nitrogens with zero attached hydrogens (tertiary/aromatic N) is 1. The molecular formula is C22H23ClN2O3. The van der Waals surface area contributed by atoms with Gasteiger partial charge in [-0.2, -0.15) is 0 Å². The first-order valence-corrected chi connectivity index (χ1v) is 9.73. The number of Topliss-reactive ketones (excluding diaryl/α,β-unsaturated/α-hetero) is 2. The molecule has 5 nitrogen and oxygen atoms in total. The molecule has 1 saturated heterocycles. The number of halogens is 1. The molecule has 28 heavy (non-hydrogen) atoms. The number of hydrogen-bond donors (Lipinski definition) is 1. The van der Waals surface area contributed by atoms with Crippen molar-refractivity contribution in [2.45, 2.75) is 19.8 Å². The van der Waals surface area contributed by atoms with E-state index in [-0.39, 0.29) is 29.9 Å². The number of hydrogen-bond acceptors (Lipinski definition) is 4. The zero-order valence-electron chi connectivity index (χ0n) is 15.8. The molecular weight excluding hydrogens is 376 g/mol. The molecule has 0 bridgehead atoms. The van der Waals surface area contributed by atoms with E-state index in [0.717, 1.165) is 12.8 Å². The molecule has 0 spiro atoms. The van der Waals surface area contributed by atoms with Crippen molar-refractivity contribution in [1.82, 2.24) is 4.90 Å². The lowest BCUT2D eigenvalue weighted by molar-refractivity contribution is -0.117. The van der Waals surface area contributed by atoms with Gasteiger partial charge in [-0.05, 0) is 69.3 Å². The summed E-state index contributed by atoms with van der Waals surface area (Å²) < 4.78 is 0. The number of benzene rings is 2. The van der Waals surface area contributed by atoms with Crippen LogP contribution in [0, 0.1) is 5.92 Å². The van der Waals surface area contributed by atoms with Crippen LogP contribution in [0.5, 0.6) is 0 Å². The zero-order chi connectivity index (χ0) is 20.1. The van der Waals surface area contributed by atoms with Crippen molar-refractivity contribution >= 4 is 34.8 Å². The number of anilines is 1. The maximum atomic E-state index is 12.6. The Hall–Kier alpha value is -2.50. The first-order chi connectivity index (χ1) is 13.4. The second kappa shape index (κ2) is 9.13. The number of piperidine rings is 1. The smallest absolute Gasteiger partial charge is 0.238 e. The number of ketones is 2. The van der Waals surface area contributed by atoms with E-state index in [4.69, 9.17) is 11.6 Å². The Bertz CT molecular complexity index is 872. The average Bonchev–Trinajstić information content (AvgIpc) is 2.68. The minimum Gasteiger partial charge on any atom is -0.325 e. The van der Waals surface area contributed by atoms with Crippen LogP contribution in [0.4, 0.5) is 5.69 Å². The van der Waals surface area contributed by atoms with Gasteiger partial charge in [-0.15, -0.1) is 0 Å². The predicted molar refractivity (Wildman–Crippen MR) is 110 cm³/mol. The largest absolute Gasteiger partial charge is 0.325 e. The van der Waals surface area contributed by atoms with Crippen molar-refractivity contribution in [2.24, 2.45) is 5.92 Å². The summed E-state index contributed by atoms with van der Waals surface area (Å²) in [6, 6.07) is 13.9. The second-order valence-corrected chi connectivity index (χ2v) is 7.54. The Balaban J connectivity index is 1.49. The van der Waals surface area contributed by atoms with Crippen molar-refractivity contribution in [3.63, 3.8) is 0 Å². The maximum absolute atomic E-state index is 12.6. The quantitative estimate of drug-likeness (QED) is 0.744. The lowest BCUT2D eigenvalue weighted by Gasteiger charge is -2.30. The normalized spacial score (nSPS) is 15.2. The lowest BCUT2D eigenvalue weighted by atomic mass is 9.89. The van der Waals surface area contributed by atoms with E-state index >= 15 is 0 Å². The molecule has 0 aliphatic carbocycles. The third-order valence-electron chi connectivity index (χ3n) is 5.01. The molecule has 1 aliphatic heterocycles.